The van der Waals surface area contributed by atoms with E-state index in [4.69, 9.17) is 0 Å². The Balaban J connectivity index is 1.66. The highest BCUT2D eigenvalue weighted by molar-refractivity contribution is 5.23. The van der Waals surface area contributed by atoms with Crippen LogP contribution in [0.5, 0.6) is 0 Å². The minimum Gasteiger partial charge on any atom is -0.314 e. The van der Waals surface area contributed by atoms with E-state index >= 15 is 0 Å². The first-order valence-electron chi connectivity index (χ1n) is 9.27. The van der Waals surface area contributed by atoms with Crippen LogP contribution in [0.15, 0.2) is 24.3 Å². The number of fused-ring (bicyclic) bond motifs is 1. The number of aryl methyl sites for hydroxylation is 1. The number of nitrogens with zero attached hydrogens (tertiary/aromatic N) is 3. The number of aromatic nitrogens is 3. The fourth-order valence-electron chi connectivity index (χ4n) is 3.52. The average molecular weight is 326 g/mol. The predicted molar refractivity (Wildman–Crippen MR) is 97.7 cm³/mol. The second kappa shape index (κ2) is 7.47. The van der Waals surface area contributed by atoms with Crippen LogP contribution in [-0.2, 0) is 25.9 Å². The molecule has 1 unspecified atom stereocenters. The SMILES string of the molecule is CC(C)Cc1ccc(CNC(c2nnc3n2CCC3)C(C)C)cc1. The summed E-state index contributed by atoms with van der Waals surface area (Å²) in [7, 11) is 0. The minimum atomic E-state index is 0.250. The van der Waals surface area contributed by atoms with Gasteiger partial charge in [0.25, 0.3) is 0 Å². The molecule has 1 atom stereocenters. The van der Waals surface area contributed by atoms with Crippen LogP contribution >= 0.6 is 0 Å². The molecule has 2 heterocycles. The number of rotatable bonds is 7. The van der Waals surface area contributed by atoms with Gasteiger partial charge in [-0.15, -0.1) is 10.2 Å². The molecule has 1 aromatic heterocycles. The van der Waals surface area contributed by atoms with E-state index < -0.39 is 0 Å². The lowest BCUT2D eigenvalue weighted by Crippen LogP contribution is -2.28. The summed E-state index contributed by atoms with van der Waals surface area (Å²) in [5.74, 6) is 3.44. The van der Waals surface area contributed by atoms with Crippen molar-refractivity contribution in [3.05, 3.63) is 47.0 Å². The van der Waals surface area contributed by atoms with Gasteiger partial charge in [-0.3, -0.25) is 0 Å². The molecule has 0 fully saturated rings. The van der Waals surface area contributed by atoms with Crippen molar-refractivity contribution in [1.82, 2.24) is 20.1 Å². The van der Waals surface area contributed by atoms with Gasteiger partial charge in [0.2, 0.25) is 0 Å². The molecule has 0 aliphatic carbocycles. The Labute approximate surface area is 145 Å². The first-order chi connectivity index (χ1) is 11.5. The minimum absolute atomic E-state index is 0.250. The van der Waals surface area contributed by atoms with Gasteiger partial charge in [-0.1, -0.05) is 52.0 Å². The molecule has 0 bridgehead atoms. The Kier molecular flexibility index (Phi) is 5.34. The Morgan fingerprint density at radius 2 is 1.75 bits per heavy atom. The van der Waals surface area contributed by atoms with E-state index in [-0.39, 0.29) is 6.04 Å². The average Bonchev–Trinajstić information content (AvgIpc) is 3.12. The summed E-state index contributed by atoms with van der Waals surface area (Å²) in [6.07, 6.45) is 3.41. The lowest BCUT2D eigenvalue weighted by Gasteiger charge is -2.22. The molecule has 1 aromatic carbocycles. The smallest absolute Gasteiger partial charge is 0.150 e. The molecule has 0 saturated heterocycles. The largest absolute Gasteiger partial charge is 0.314 e. The Bertz CT molecular complexity index is 655. The maximum atomic E-state index is 4.47. The Hall–Kier alpha value is -1.68. The van der Waals surface area contributed by atoms with Crippen LogP contribution in [0.2, 0.25) is 0 Å². The van der Waals surface area contributed by atoms with Gasteiger partial charge in [0, 0.05) is 19.5 Å². The number of hydrogen-bond acceptors (Lipinski definition) is 3. The lowest BCUT2D eigenvalue weighted by molar-refractivity contribution is 0.379. The van der Waals surface area contributed by atoms with Gasteiger partial charge in [-0.25, -0.2) is 0 Å². The maximum absolute atomic E-state index is 4.47. The first kappa shape index (κ1) is 17.2. The van der Waals surface area contributed by atoms with Crippen molar-refractivity contribution in [2.45, 2.75) is 66.1 Å². The molecular weight excluding hydrogens is 296 g/mol. The molecule has 0 radical (unpaired) electrons. The second-order valence-corrected chi connectivity index (χ2v) is 7.75. The molecule has 4 nitrogen and oxygen atoms in total. The van der Waals surface area contributed by atoms with E-state index in [0.717, 1.165) is 37.6 Å². The van der Waals surface area contributed by atoms with Crippen LogP contribution < -0.4 is 5.32 Å². The lowest BCUT2D eigenvalue weighted by atomic mass is 10.0. The van der Waals surface area contributed by atoms with Crippen molar-refractivity contribution >= 4 is 0 Å². The standard InChI is InChI=1S/C20H30N4/c1-14(2)12-16-7-9-17(10-8-16)13-21-19(15(3)4)20-23-22-18-6-5-11-24(18)20/h7-10,14-15,19,21H,5-6,11-13H2,1-4H3. The highest BCUT2D eigenvalue weighted by atomic mass is 15.3. The molecule has 1 aliphatic rings. The quantitative estimate of drug-likeness (QED) is 0.839. The molecular formula is C20H30N4. The van der Waals surface area contributed by atoms with E-state index in [9.17, 15) is 0 Å². The highest BCUT2D eigenvalue weighted by Crippen LogP contribution is 2.25. The number of benzene rings is 1. The van der Waals surface area contributed by atoms with Crippen molar-refractivity contribution in [3.8, 4) is 0 Å². The van der Waals surface area contributed by atoms with Crippen molar-refractivity contribution in [2.24, 2.45) is 11.8 Å². The van der Waals surface area contributed by atoms with E-state index in [1.54, 1.807) is 0 Å². The number of hydrogen-bond donors (Lipinski definition) is 1. The summed E-state index contributed by atoms with van der Waals surface area (Å²) in [6.45, 7) is 11.0. The third-order valence-electron chi connectivity index (χ3n) is 4.78. The van der Waals surface area contributed by atoms with Gasteiger partial charge < -0.3 is 9.88 Å². The first-order valence-corrected chi connectivity index (χ1v) is 9.27. The fraction of sp³-hybridized carbons (Fsp3) is 0.600. The zero-order valence-corrected chi connectivity index (χ0v) is 15.4. The van der Waals surface area contributed by atoms with Gasteiger partial charge in [-0.2, -0.15) is 0 Å². The fourth-order valence-corrected chi connectivity index (χ4v) is 3.52. The summed E-state index contributed by atoms with van der Waals surface area (Å²) in [4.78, 5) is 0. The molecule has 4 heteroatoms. The van der Waals surface area contributed by atoms with Crippen LogP contribution in [0.4, 0.5) is 0 Å². The molecule has 2 aromatic rings. The molecule has 0 spiro atoms. The zero-order valence-electron chi connectivity index (χ0n) is 15.4. The van der Waals surface area contributed by atoms with Crippen LogP contribution in [0.1, 0.15) is 62.9 Å². The molecule has 3 rings (SSSR count). The molecule has 24 heavy (non-hydrogen) atoms. The van der Waals surface area contributed by atoms with E-state index in [1.165, 1.54) is 17.5 Å². The Morgan fingerprint density at radius 3 is 2.42 bits per heavy atom. The van der Waals surface area contributed by atoms with Crippen molar-refractivity contribution in [2.75, 3.05) is 0 Å². The summed E-state index contributed by atoms with van der Waals surface area (Å²) in [5.41, 5.74) is 2.75. The monoisotopic (exact) mass is 326 g/mol. The second-order valence-electron chi connectivity index (χ2n) is 7.75. The molecule has 130 valence electrons. The third-order valence-corrected chi connectivity index (χ3v) is 4.78. The molecule has 1 N–H and O–H groups in total. The summed E-state index contributed by atoms with van der Waals surface area (Å²) < 4.78 is 2.31. The van der Waals surface area contributed by atoms with Gasteiger partial charge in [0.1, 0.15) is 11.6 Å². The highest BCUT2D eigenvalue weighted by Gasteiger charge is 2.25. The van der Waals surface area contributed by atoms with Gasteiger partial charge >= 0.3 is 0 Å². The van der Waals surface area contributed by atoms with Crippen LogP contribution in [-0.4, -0.2) is 14.8 Å². The van der Waals surface area contributed by atoms with Crippen molar-refractivity contribution < 1.29 is 0 Å². The van der Waals surface area contributed by atoms with Gasteiger partial charge in [0.15, 0.2) is 0 Å². The predicted octanol–water partition coefficient (Wildman–Crippen LogP) is 3.91. The van der Waals surface area contributed by atoms with E-state index in [0.29, 0.717) is 11.8 Å². The number of nitrogens with one attached hydrogen (secondary N) is 1. The normalized spacial score (nSPS) is 15.2. The Morgan fingerprint density at radius 1 is 1.04 bits per heavy atom. The third kappa shape index (κ3) is 3.86. The summed E-state index contributed by atoms with van der Waals surface area (Å²) in [6, 6.07) is 9.26. The van der Waals surface area contributed by atoms with Gasteiger partial charge in [-0.05, 0) is 35.8 Å². The summed E-state index contributed by atoms with van der Waals surface area (Å²) >= 11 is 0. The van der Waals surface area contributed by atoms with Crippen molar-refractivity contribution in [1.29, 1.82) is 0 Å². The molecule has 0 amide bonds. The van der Waals surface area contributed by atoms with Gasteiger partial charge in [0.05, 0.1) is 6.04 Å². The van der Waals surface area contributed by atoms with E-state index in [2.05, 4.69) is 72.0 Å². The van der Waals surface area contributed by atoms with Crippen LogP contribution in [0.25, 0.3) is 0 Å². The van der Waals surface area contributed by atoms with E-state index in [1.807, 2.05) is 0 Å². The van der Waals surface area contributed by atoms with Crippen molar-refractivity contribution in [3.63, 3.8) is 0 Å². The summed E-state index contributed by atoms with van der Waals surface area (Å²) in [5, 5.41) is 12.5. The maximum Gasteiger partial charge on any atom is 0.150 e. The molecule has 0 saturated carbocycles. The topological polar surface area (TPSA) is 42.7 Å². The molecule has 1 aliphatic heterocycles. The zero-order chi connectivity index (χ0) is 17.1. The van der Waals surface area contributed by atoms with Crippen LogP contribution in [0, 0.1) is 11.8 Å². The van der Waals surface area contributed by atoms with Crippen LogP contribution in [0.3, 0.4) is 0 Å².